The van der Waals surface area contributed by atoms with Crippen molar-refractivity contribution in [3.63, 3.8) is 0 Å². The average Bonchev–Trinajstić information content (AvgIpc) is 2.40. The zero-order valence-corrected chi connectivity index (χ0v) is 12.0. The molecule has 0 bridgehead atoms. The monoisotopic (exact) mass is 332 g/mol. The second kappa shape index (κ2) is 6.27. The van der Waals surface area contributed by atoms with Gasteiger partial charge in [0.05, 0.1) is 5.69 Å². The Labute approximate surface area is 123 Å². The van der Waals surface area contributed by atoms with Crippen LogP contribution in [0, 0.1) is 0 Å². The Balaban J connectivity index is 2.38. The topological polar surface area (TPSA) is 79.0 Å². The number of pyridine rings is 1. The van der Waals surface area contributed by atoms with Crippen LogP contribution in [0.25, 0.3) is 0 Å². The highest BCUT2D eigenvalue weighted by molar-refractivity contribution is 7.99. The molecule has 21 heavy (non-hydrogen) atoms. The van der Waals surface area contributed by atoms with Crippen LogP contribution < -0.4 is 10.2 Å². The summed E-state index contributed by atoms with van der Waals surface area (Å²) in [5.41, 5.74) is -0.703. The average molecular weight is 332 g/mol. The van der Waals surface area contributed by atoms with Crippen LogP contribution >= 0.6 is 11.8 Å². The van der Waals surface area contributed by atoms with Crippen molar-refractivity contribution in [1.29, 1.82) is 0 Å². The highest BCUT2D eigenvalue weighted by atomic mass is 32.2. The predicted molar refractivity (Wildman–Crippen MR) is 76.2 cm³/mol. The van der Waals surface area contributed by atoms with Gasteiger partial charge in [-0.15, -0.1) is 0 Å². The van der Waals surface area contributed by atoms with E-state index in [1.165, 1.54) is 30.5 Å². The first-order chi connectivity index (χ1) is 9.90. The number of hydrogen-bond acceptors (Lipinski definition) is 4. The minimum Gasteiger partial charge on any atom is -0.366 e. The molecule has 0 aliphatic heterocycles. The standard InChI is InChI=1S/C12H10F2N2O3S2/c13-12(14)20-10-4-2-1-3-8(10)16-21(18,19)11-7-15-6-5-9(11)17/h1-7,12,16H,(H,15,17). The first-order valence-corrected chi connectivity index (χ1v) is 8.00. The highest BCUT2D eigenvalue weighted by Crippen LogP contribution is 2.32. The zero-order valence-electron chi connectivity index (χ0n) is 10.4. The number of H-pyrrole nitrogens is 1. The van der Waals surface area contributed by atoms with E-state index < -0.39 is 26.1 Å². The van der Waals surface area contributed by atoms with Gasteiger partial charge in [0.15, 0.2) is 4.90 Å². The van der Waals surface area contributed by atoms with E-state index in [4.69, 9.17) is 0 Å². The van der Waals surface area contributed by atoms with E-state index in [9.17, 15) is 22.0 Å². The summed E-state index contributed by atoms with van der Waals surface area (Å²) in [6.45, 7) is 0. The molecule has 1 heterocycles. The summed E-state index contributed by atoms with van der Waals surface area (Å²) in [6, 6.07) is 6.79. The first-order valence-electron chi connectivity index (χ1n) is 5.64. The number of hydrogen-bond donors (Lipinski definition) is 2. The molecule has 0 atom stereocenters. The van der Waals surface area contributed by atoms with Gasteiger partial charge in [0.1, 0.15) is 0 Å². The number of halogens is 2. The van der Waals surface area contributed by atoms with Gasteiger partial charge in [-0.2, -0.15) is 8.78 Å². The van der Waals surface area contributed by atoms with Crippen molar-refractivity contribution in [2.75, 3.05) is 4.72 Å². The first kappa shape index (κ1) is 15.5. The van der Waals surface area contributed by atoms with Gasteiger partial charge in [-0.1, -0.05) is 23.9 Å². The number of benzene rings is 1. The highest BCUT2D eigenvalue weighted by Gasteiger charge is 2.20. The molecule has 0 saturated carbocycles. The van der Waals surface area contributed by atoms with Crippen LogP contribution in [-0.2, 0) is 10.0 Å². The maximum atomic E-state index is 12.5. The zero-order chi connectivity index (χ0) is 15.5. The molecular weight excluding hydrogens is 322 g/mol. The summed E-state index contributed by atoms with van der Waals surface area (Å²) in [7, 11) is -4.15. The number of thioether (sulfide) groups is 1. The maximum absolute atomic E-state index is 12.5. The van der Waals surface area contributed by atoms with Crippen LogP contribution in [0.4, 0.5) is 14.5 Å². The van der Waals surface area contributed by atoms with Crippen LogP contribution in [0.5, 0.6) is 0 Å². The molecule has 0 amide bonds. The Morgan fingerprint density at radius 2 is 1.90 bits per heavy atom. The SMILES string of the molecule is O=c1cc[nH]cc1S(=O)(=O)Nc1ccccc1SC(F)F. The fraction of sp³-hybridized carbons (Fsp3) is 0.0833. The number of anilines is 1. The third kappa shape index (κ3) is 3.82. The molecule has 9 heteroatoms. The molecule has 0 saturated heterocycles. The lowest BCUT2D eigenvalue weighted by Crippen LogP contribution is -2.21. The van der Waals surface area contributed by atoms with Gasteiger partial charge in [0.2, 0.25) is 5.43 Å². The molecule has 0 radical (unpaired) electrons. The van der Waals surface area contributed by atoms with Gasteiger partial charge in [0.25, 0.3) is 15.8 Å². The predicted octanol–water partition coefficient (Wildman–Crippen LogP) is 2.49. The Morgan fingerprint density at radius 3 is 2.57 bits per heavy atom. The number of rotatable bonds is 5. The third-order valence-electron chi connectivity index (χ3n) is 2.43. The fourth-order valence-electron chi connectivity index (χ4n) is 1.56. The van der Waals surface area contributed by atoms with Gasteiger partial charge in [-0.3, -0.25) is 9.52 Å². The van der Waals surface area contributed by atoms with E-state index in [1.54, 1.807) is 0 Å². The number of aromatic nitrogens is 1. The van der Waals surface area contributed by atoms with Crippen molar-refractivity contribution in [1.82, 2.24) is 4.98 Å². The Morgan fingerprint density at radius 1 is 1.19 bits per heavy atom. The minimum atomic E-state index is -4.15. The van der Waals surface area contributed by atoms with Crippen molar-refractivity contribution >= 4 is 27.5 Å². The van der Waals surface area contributed by atoms with Gasteiger partial charge in [0, 0.05) is 23.4 Å². The summed E-state index contributed by atoms with van der Waals surface area (Å²) >= 11 is 0.219. The van der Waals surface area contributed by atoms with Crippen molar-refractivity contribution in [3.8, 4) is 0 Å². The molecule has 2 rings (SSSR count). The Hall–Kier alpha value is -1.87. The van der Waals surface area contributed by atoms with Crippen molar-refractivity contribution in [3.05, 3.63) is 52.9 Å². The molecule has 0 fully saturated rings. The van der Waals surface area contributed by atoms with E-state index in [2.05, 4.69) is 9.71 Å². The lowest BCUT2D eigenvalue weighted by molar-refractivity contribution is 0.252. The van der Waals surface area contributed by atoms with E-state index in [1.807, 2.05) is 0 Å². The lowest BCUT2D eigenvalue weighted by atomic mass is 10.3. The molecular formula is C12H10F2N2O3S2. The van der Waals surface area contributed by atoms with Crippen LogP contribution in [-0.4, -0.2) is 19.2 Å². The number of para-hydroxylation sites is 1. The van der Waals surface area contributed by atoms with Gasteiger partial charge < -0.3 is 4.98 Å². The normalized spacial score (nSPS) is 11.6. The van der Waals surface area contributed by atoms with Crippen LogP contribution in [0.15, 0.2) is 57.3 Å². The molecule has 0 spiro atoms. The van der Waals surface area contributed by atoms with E-state index in [0.29, 0.717) is 0 Å². The van der Waals surface area contributed by atoms with Crippen LogP contribution in [0.2, 0.25) is 0 Å². The van der Waals surface area contributed by atoms with Crippen molar-refractivity contribution in [2.24, 2.45) is 0 Å². The second-order valence-electron chi connectivity index (χ2n) is 3.85. The molecule has 1 aromatic carbocycles. The summed E-state index contributed by atoms with van der Waals surface area (Å²) in [4.78, 5) is 13.6. The Kier molecular flexibility index (Phi) is 4.63. The molecule has 0 aliphatic rings. The molecule has 1 aromatic heterocycles. The minimum absolute atomic E-state index is 0.00828. The van der Waals surface area contributed by atoms with E-state index in [0.717, 1.165) is 12.3 Å². The van der Waals surface area contributed by atoms with Gasteiger partial charge in [-0.25, -0.2) is 8.42 Å². The summed E-state index contributed by atoms with van der Waals surface area (Å²) in [5.74, 6) is -2.68. The molecule has 5 nitrogen and oxygen atoms in total. The quantitative estimate of drug-likeness (QED) is 0.825. The largest absolute Gasteiger partial charge is 0.366 e. The number of aromatic amines is 1. The van der Waals surface area contributed by atoms with E-state index >= 15 is 0 Å². The van der Waals surface area contributed by atoms with E-state index in [-0.39, 0.29) is 22.3 Å². The van der Waals surface area contributed by atoms with Crippen molar-refractivity contribution < 1.29 is 17.2 Å². The molecule has 2 N–H and O–H groups in total. The second-order valence-corrected chi connectivity index (χ2v) is 6.54. The number of nitrogens with one attached hydrogen (secondary N) is 2. The molecule has 112 valence electrons. The smallest absolute Gasteiger partial charge is 0.288 e. The maximum Gasteiger partial charge on any atom is 0.288 e. The summed E-state index contributed by atoms with van der Waals surface area (Å²) in [6.07, 6.45) is 2.33. The van der Waals surface area contributed by atoms with Gasteiger partial charge in [-0.05, 0) is 12.1 Å². The number of sulfonamides is 1. The van der Waals surface area contributed by atoms with Crippen molar-refractivity contribution in [2.45, 2.75) is 15.5 Å². The van der Waals surface area contributed by atoms with Crippen LogP contribution in [0.1, 0.15) is 0 Å². The molecule has 0 aliphatic carbocycles. The molecule has 2 aromatic rings. The van der Waals surface area contributed by atoms with Crippen LogP contribution in [0.3, 0.4) is 0 Å². The third-order valence-corrected chi connectivity index (χ3v) is 4.60. The number of alkyl halides is 2. The fourth-order valence-corrected chi connectivity index (χ4v) is 3.35. The lowest BCUT2D eigenvalue weighted by Gasteiger charge is -2.11. The van der Waals surface area contributed by atoms with Gasteiger partial charge >= 0.3 is 0 Å². The Bertz CT molecular complexity index is 791. The summed E-state index contributed by atoms with van der Waals surface area (Å²) in [5, 5.41) is 0. The molecule has 0 unspecified atom stereocenters. The summed E-state index contributed by atoms with van der Waals surface area (Å²) < 4.78 is 51.3.